The zero-order valence-corrected chi connectivity index (χ0v) is 12.1. The van der Waals surface area contributed by atoms with Gasteiger partial charge in [0, 0.05) is 22.8 Å². The highest BCUT2D eigenvalue weighted by molar-refractivity contribution is 6.31. The molecule has 1 aliphatic rings. The van der Waals surface area contributed by atoms with Crippen molar-refractivity contribution in [3.63, 3.8) is 0 Å². The molecule has 1 N–H and O–H groups in total. The number of benzene rings is 1. The third-order valence-corrected chi connectivity index (χ3v) is 4.06. The summed E-state index contributed by atoms with van der Waals surface area (Å²) < 4.78 is 0. The summed E-state index contributed by atoms with van der Waals surface area (Å²) in [6, 6.07) is 7.66. The van der Waals surface area contributed by atoms with Crippen molar-refractivity contribution in [2.75, 3.05) is 5.43 Å². The lowest BCUT2D eigenvalue weighted by molar-refractivity contribution is 0.445. The number of nitrogens with zero attached hydrogens (tertiary/aromatic N) is 2. The Balaban J connectivity index is 1.75. The van der Waals surface area contributed by atoms with Crippen molar-refractivity contribution >= 4 is 34.4 Å². The maximum atomic E-state index is 5.99. The van der Waals surface area contributed by atoms with Gasteiger partial charge in [0.2, 0.25) is 0 Å². The molecule has 1 fully saturated rings. The van der Waals surface area contributed by atoms with E-state index in [0.29, 0.717) is 10.9 Å². The van der Waals surface area contributed by atoms with Gasteiger partial charge in [-0.15, -0.1) is 0 Å². The number of hydrogen-bond donors (Lipinski definition) is 1. The van der Waals surface area contributed by atoms with Crippen molar-refractivity contribution in [2.45, 2.75) is 32.1 Å². The van der Waals surface area contributed by atoms with Crippen LogP contribution < -0.4 is 5.43 Å². The van der Waals surface area contributed by atoms with Crippen LogP contribution in [-0.2, 0) is 0 Å². The van der Waals surface area contributed by atoms with E-state index in [1.54, 1.807) is 6.20 Å². The average Bonchev–Trinajstić information content (AvgIpc) is 2.48. The molecule has 0 spiro atoms. The quantitative estimate of drug-likeness (QED) is 0.646. The van der Waals surface area contributed by atoms with Crippen LogP contribution >= 0.6 is 11.6 Å². The molecule has 0 amide bonds. The molecule has 0 aliphatic heterocycles. The van der Waals surface area contributed by atoms with E-state index >= 15 is 0 Å². The number of hydrogen-bond acceptors (Lipinski definition) is 3. The topological polar surface area (TPSA) is 37.3 Å². The summed E-state index contributed by atoms with van der Waals surface area (Å²) in [4.78, 5) is 4.32. The molecule has 2 aromatic rings. The lowest BCUT2D eigenvalue weighted by Crippen LogP contribution is -2.08. The average molecular weight is 288 g/mol. The lowest BCUT2D eigenvalue weighted by Gasteiger charge is -2.16. The molecule has 1 aromatic heterocycles. The third-order valence-electron chi connectivity index (χ3n) is 3.82. The highest BCUT2D eigenvalue weighted by Gasteiger charge is 2.10. The molecule has 0 radical (unpaired) electrons. The second-order valence-corrected chi connectivity index (χ2v) is 5.74. The summed E-state index contributed by atoms with van der Waals surface area (Å²) in [5, 5.41) is 6.14. The molecule has 4 heteroatoms. The summed E-state index contributed by atoms with van der Waals surface area (Å²) in [7, 11) is 0. The van der Waals surface area contributed by atoms with Crippen molar-refractivity contribution < 1.29 is 0 Å². The van der Waals surface area contributed by atoms with Crippen LogP contribution in [0.15, 0.2) is 35.6 Å². The Morgan fingerprint density at radius 1 is 1.20 bits per heavy atom. The van der Waals surface area contributed by atoms with Gasteiger partial charge in [-0.05, 0) is 43.0 Å². The van der Waals surface area contributed by atoms with E-state index in [0.717, 1.165) is 16.6 Å². The number of halogens is 1. The van der Waals surface area contributed by atoms with Crippen LogP contribution in [0.2, 0.25) is 5.02 Å². The molecular formula is C16H18ClN3. The predicted molar refractivity (Wildman–Crippen MR) is 85.4 cm³/mol. The number of nitrogens with one attached hydrogen (secondary N) is 1. The third kappa shape index (κ3) is 3.10. The second kappa shape index (κ2) is 6.23. The number of rotatable bonds is 3. The number of fused-ring (bicyclic) bond motifs is 1. The molecule has 0 unspecified atom stereocenters. The van der Waals surface area contributed by atoms with Crippen molar-refractivity contribution in [1.82, 2.24) is 4.98 Å². The van der Waals surface area contributed by atoms with Gasteiger partial charge in [-0.2, -0.15) is 5.10 Å². The van der Waals surface area contributed by atoms with Gasteiger partial charge in [0.1, 0.15) is 0 Å². The van der Waals surface area contributed by atoms with Gasteiger partial charge in [0.25, 0.3) is 0 Å². The van der Waals surface area contributed by atoms with Crippen molar-refractivity contribution in [1.29, 1.82) is 0 Å². The summed E-state index contributed by atoms with van der Waals surface area (Å²) in [5.41, 5.74) is 5.00. The fourth-order valence-electron chi connectivity index (χ4n) is 2.71. The predicted octanol–water partition coefficient (Wildman–Crippen LogP) is 4.87. The maximum absolute atomic E-state index is 5.99. The van der Waals surface area contributed by atoms with Crippen molar-refractivity contribution in [3.05, 3.63) is 35.5 Å². The lowest BCUT2D eigenvalue weighted by atomic mass is 9.90. The number of hydrazone groups is 1. The Morgan fingerprint density at radius 3 is 2.90 bits per heavy atom. The van der Waals surface area contributed by atoms with Crippen LogP contribution in [0.3, 0.4) is 0 Å². The van der Waals surface area contributed by atoms with E-state index in [1.165, 1.54) is 32.1 Å². The maximum Gasteiger partial charge on any atom is 0.0738 e. The Morgan fingerprint density at radius 2 is 2.05 bits per heavy atom. The SMILES string of the molecule is Clc1ccc2c(NN=CC3CCCCC3)ccnc2c1. The Bertz CT molecular complexity index is 618. The first-order valence-electron chi connectivity index (χ1n) is 7.16. The number of pyridine rings is 1. The van der Waals surface area contributed by atoms with Gasteiger partial charge in [-0.1, -0.05) is 30.9 Å². The Kier molecular flexibility index (Phi) is 4.16. The van der Waals surface area contributed by atoms with Gasteiger partial charge in [-0.3, -0.25) is 10.4 Å². The smallest absolute Gasteiger partial charge is 0.0738 e. The van der Waals surface area contributed by atoms with E-state index in [4.69, 9.17) is 11.6 Å². The molecule has 3 rings (SSSR count). The van der Waals surface area contributed by atoms with Crippen molar-refractivity contribution in [2.24, 2.45) is 11.0 Å². The van der Waals surface area contributed by atoms with E-state index in [-0.39, 0.29) is 0 Å². The van der Waals surface area contributed by atoms with E-state index in [2.05, 4.69) is 21.7 Å². The van der Waals surface area contributed by atoms with Gasteiger partial charge in [-0.25, -0.2) is 0 Å². The molecule has 20 heavy (non-hydrogen) atoms. The van der Waals surface area contributed by atoms with Crippen LogP contribution in [0.4, 0.5) is 5.69 Å². The van der Waals surface area contributed by atoms with E-state index < -0.39 is 0 Å². The van der Waals surface area contributed by atoms with Gasteiger partial charge in [0.15, 0.2) is 0 Å². The monoisotopic (exact) mass is 287 g/mol. The largest absolute Gasteiger partial charge is 0.278 e. The molecule has 1 aliphatic carbocycles. The summed E-state index contributed by atoms with van der Waals surface area (Å²) in [6.07, 6.45) is 10.4. The second-order valence-electron chi connectivity index (χ2n) is 5.31. The minimum atomic E-state index is 0.624. The number of anilines is 1. The minimum absolute atomic E-state index is 0.624. The standard InChI is InChI=1S/C16H18ClN3/c17-13-6-7-14-15(8-9-18-16(14)10-13)20-19-11-12-4-2-1-3-5-12/h6-12H,1-5H2,(H,18,20). The van der Waals surface area contributed by atoms with E-state index in [1.807, 2.05) is 24.3 Å². The fourth-order valence-corrected chi connectivity index (χ4v) is 2.88. The molecule has 104 valence electrons. The van der Waals surface area contributed by atoms with Crippen molar-refractivity contribution in [3.8, 4) is 0 Å². The van der Waals surface area contributed by atoms with Crippen LogP contribution in [0.25, 0.3) is 10.9 Å². The summed E-state index contributed by atoms with van der Waals surface area (Å²) in [5.74, 6) is 0.624. The minimum Gasteiger partial charge on any atom is -0.278 e. The molecule has 3 nitrogen and oxygen atoms in total. The van der Waals surface area contributed by atoms with Gasteiger partial charge < -0.3 is 0 Å². The zero-order chi connectivity index (χ0) is 13.8. The highest BCUT2D eigenvalue weighted by atomic mass is 35.5. The fraction of sp³-hybridized carbons (Fsp3) is 0.375. The molecule has 1 heterocycles. The van der Waals surface area contributed by atoms with Crippen LogP contribution in [-0.4, -0.2) is 11.2 Å². The van der Waals surface area contributed by atoms with Crippen LogP contribution in [0, 0.1) is 5.92 Å². The molecule has 1 saturated carbocycles. The van der Waals surface area contributed by atoms with Crippen LogP contribution in [0.5, 0.6) is 0 Å². The van der Waals surface area contributed by atoms with Gasteiger partial charge in [0.05, 0.1) is 11.2 Å². The molecule has 0 bridgehead atoms. The Hall–Kier alpha value is -1.61. The highest BCUT2D eigenvalue weighted by Crippen LogP contribution is 2.25. The van der Waals surface area contributed by atoms with Crippen LogP contribution in [0.1, 0.15) is 32.1 Å². The van der Waals surface area contributed by atoms with Gasteiger partial charge >= 0.3 is 0 Å². The molecule has 0 saturated heterocycles. The number of aromatic nitrogens is 1. The zero-order valence-electron chi connectivity index (χ0n) is 11.3. The Labute approximate surface area is 124 Å². The summed E-state index contributed by atoms with van der Waals surface area (Å²) in [6.45, 7) is 0. The molecule has 0 atom stereocenters. The van der Waals surface area contributed by atoms with E-state index in [9.17, 15) is 0 Å². The first kappa shape index (κ1) is 13.4. The first-order valence-corrected chi connectivity index (χ1v) is 7.54. The first-order chi connectivity index (χ1) is 9.83. The normalized spacial score (nSPS) is 16.9. The summed E-state index contributed by atoms with van der Waals surface area (Å²) >= 11 is 5.99. The molecular weight excluding hydrogens is 270 g/mol. The molecule has 1 aromatic carbocycles.